The predicted octanol–water partition coefficient (Wildman–Crippen LogP) is -2.25. The fraction of sp³-hybridized carbons (Fsp3) is 0.654. The summed E-state index contributed by atoms with van der Waals surface area (Å²) in [6.07, 6.45) is -9.08. The highest BCUT2D eigenvalue weighted by Crippen LogP contribution is 2.61. The molecule has 27 nitrogen and oxygen atoms in total. The van der Waals surface area contributed by atoms with Crippen LogP contribution >= 0.6 is 35.2 Å². The van der Waals surface area contributed by atoms with Gasteiger partial charge in [0.2, 0.25) is 11.8 Å². The van der Waals surface area contributed by atoms with Gasteiger partial charge in [-0.1, -0.05) is 32.5 Å². The maximum Gasteiger partial charge on any atom is 0.481 e. The van der Waals surface area contributed by atoms with E-state index in [1.165, 1.54) is 20.8 Å². The summed E-state index contributed by atoms with van der Waals surface area (Å²) < 4.78 is 61.9. The molecule has 31 heteroatoms. The first kappa shape index (κ1) is 48.4. The molecule has 1 aliphatic heterocycles. The predicted molar refractivity (Wildman–Crippen MR) is 190 cm³/mol. The standard InChI is InChI=1S/C26H42N7O20P3S/c1-12(16(35)24(39)40)25(41)57-7-6-28-14(34)4-5-29-22(38)19(37)26(2,3)9-50-56(47,48)53-55(45,46)49-8-13-18(52-54(42,43)44)17(36)23(51-13)33-11-32-15-20(27)30-10-31-21(15)33/h10-13,16-19,23,35-37H,4-9H2,1-3H3,(H,28,34)(H,29,38)(H,39,40)(H,45,46)(H,47,48)(H2,27,30,31)(H2,42,43,44)/t12-,13+,16-,17+,18+,19-,23+/m0/s1. The fourth-order valence-electron chi connectivity index (χ4n) is 4.76. The Morgan fingerprint density at radius 2 is 1.68 bits per heavy atom. The zero-order valence-electron chi connectivity index (χ0n) is 30.0. The number of hydrogen-bond acceptors (Lipinski definition) is 20. The van der Waals surface area contributed by atoms with Crippen molar-refractivity contribution in [3.05, 3.63) is 12.7 Å². The van der Waals surface area contributed by atoms with Crippen LogP contribution in [0.2, 0.25) is 0 Å². The minimum atomic E-state index is -5.60. The summed E-state index contributed by atoms with van der Waals surface area (Å²) in [5.74, 6) is -4.35. The number of aliphatic hydroxyl groups is 3. The molecule has 2 amide bonds. The number of aliphatic hydroxyl groups excluding tert-OH is 3. The van der Waals surface area contributed by atoms with Crippen molar-refractivity contribution in [1.29, 1.82) is 0 Å². The van der Waals surface area contributed by atoms with E-state index in [1.54, 1.807) is 0 Å². The number of nitrogens with zero attached hydrogens (tertiary/aromatic N) is 4. The number of hydrogen-bond donors (Lipinski definition) is 11. The molecule has 322 valence electrons. The van der Waals surface area contributed by atoms with Crippen LogP contribution in [-0.2, 0) is 55.5 Å². The lowest BCUT2D eigenvalue weighted by Gasteiger charge is -2.30. The molecule has 0 saturated carbocycles. The molecule has 2 unspecified atom stereocenters. The Morgan fingerprint density at radius 3 is 2.32 bits per heavy atom. The number of carbonyl (C=O) groups excluding carboxylic acids is 3. The van der Waals surface area contributed by atoms with Gasteiger partial charge in [0.25, 0.3) is 0 Å². The first-order valence-corrected chi connectivity index (χ1v) is 21.7. The van der Waals surface area contributed by atoms with E-state index >= 15 is 0 Å². The van der Waals surface area contributed by atoms with Gasteiger partial charge in [-0.25, -0.2) is 33.4 Å². The van der Waals surface area contributed by atoms with Crippen LogP contribution in [0.15, 0.2) is 12.7 Å². The van der Waals surface area contributed by atoms with E-state index in [0.29, 0.717) is 11.8 Å². The van der Waals surface area contributed by atoms with Gasteiger partial charge in [-0.15, -0.1) is 0 Å². The fourth-order valence-corrected chi connectivity index (χ4v) is 8.38. The Kier molecular flexibility index (Phi) is 16.8. The molecule has 2 aromatic heterocycles. The van der Waals surface area contributed by atoms with E-state index in [1.807, 2.05) is 0 Å². The van der Waals surface area contributed by atoms with Crippen molar-refractivity contribution in [2.45, 2.75) is 63.9 Å². The average molecular weight is 898 g/mol. The number of ether oxygens (including phenoxy) is 1. The van der Waals surface area contributed by atoms with Crippen LogP contribution in [0.3, 0.4) is 0 Å². The Hall–Kier alpha value is -3.01. The van der Waals surface area contributed by atoms with Crippen LogP contribution in [0, 0.1) is 11.3 Å². The molecule has 0 aliphatic carbocycles. The minimum Gasteiger partial charge on any atom is -0.479 e. The number of phosphoric acid groups is 3. The quantitative estimate of drug-likeness (QED) is 0.0439. The van der Waals surface area contributed by atoms with Crippen molar-refractivity contribution >= 4 is 75.1 Å². The second-order valence-corrected chi connectivity index (χ2v) is 18.1. The topological polar surface area (TPSA) is 421 Å². The number of thioether (sulfide) groups is 1. The summed E-state index contributed by atoms with van der Waals surface area (Å²) in [6, 6.07) is 0. The molecular weight excluding hydrogens is 855 g/mol. The number of rotatable bonds is 22. The first-order valence-electron chi connectivity index (χ1n) is 16.2. The maximum absolute atomic E-state index is 12.7. The Balaban J connectivity index is 1.48. The monoisotopic (exact) mass is 897 g/mol. The van der Waals surface area contributed by atoms with Gasteiger partial charge in [-0.2, -0.15) is 4.31 Å². The van der Waals surface area contributed by atoms with Gasteiger partial charge < -0.3 is 61.1 Å². The summed E-state index contributed by atoms with van der Waals surface area (Å²) in [5.41, 5.74) is 4.16. The second kappa shape index (κ2) is 19.8. The number of anilines is 1. The third kappa shape index (κ3) is 14.1. The van der Waals surface area contributed by atoms with E-state index in [0.717, 1.165) is 17.2 Å². The van der Waals surface area contributed by atoms with Gasteiger partial charge in [0.15, 0.2) is 28.9 Å². The van der Waals surface area contributed by atoms with Crippen molar-refractivity contribution in [2.75, 3.05) is 37.8 Å². The number of nitrogens with two attached hydrogens (primary N) is 1. The lowest BCUT2D eigenvalue weighted by molar-refractivity contribution is -0.151. The van der Waals surface area contributed by atoms with Crippen LogP contribution in [-0.4, -0.2) is 145 Å². The van der Waals surface area contributed by atoms with Crippen molar-refractivity contribution in [3.63, 3.8) is 0 Å². The summed E-state index contributed by atoms with van der Waals surface area (Å²) in [7, 11) is -16.5. The minimum absolute atomic E-state index is 0.0129. The number of fused-ring (bicyclic) bond motifs is 1. The summed E-state index contributed by atoms with van der Waals surface area (Å²) in [6.45, 7) is 1.26. The van der Waals surface area contributed by atoms with Crippen LogP contribution < -0.4 is 16.4 Å². The van der Waals surface area contributed by atoms with Crippen molar-refractivity contribution < 1.29 is 95.5 Å². The van der Waals surface area contributed by atoms with Crippen LogP contribution in [0.5, 0.6) is 0 Å². The van der Waals surface area contributed by atoms with Gasteiger partial charge in [-0.05, 0) is 0 Å². The molecule has 3 rings (SSSR count). The van der Waals surface area contributed by atoms with Gasteiger partial charge in [0.05, 0.1) is 25.5 Å². The summed E-state index contributed by atoms with van der Waals surface area (Å²) >= 11 is 0.701. The largest absolute Gasteiger partial charge is 0.481 e. The smallest absolute Gasteiger partial charge is 0.479 e. The molecule has 12 N–H and O–H groups in total. The number of imidazole rings is 1. The Bertz CT molecular complexity index is 1920. The van der Waals surface area contributed by atoms with E-state index in [-0.39, 0.29) is 42.2 Å². The van der Waals surface area contributed by atoms with Gasteiger partial charge in [0.1, 0.15) is 36.3 Å². The summed E-state index contributed by atoms with van der Waals surface area (Å²) in [4.78, 5) is 98.1. The number of aromatic nitrogens is 4. The van der Waals surface area contributed by atoms with Crippen LogP contribution in [0.25, 0.3) is 11.2 Å². The molecule has 57 heavy (non-hydrogen) atoms. The molecule has 0 radical (unpaired) electrons. The molecule has 1 saturated heterocycles. The maximum atomic E-state index is 12.7. The molecule has 1 fully saturated rings. The molecule has 9 atom stereocenters. The molecule has 2 aromatic rings. The number of carbonyl (C=O) groups is 4. The number of nitrogen functional groups attached to an aromatic ring is 1. The number of carboxylic acids is 1. The van der Waals surface area contributed by atoms with Crippen LogP contribution in [0.4, 0.5) is 5.82 Å². The third-order valence-electron chi connectivity index (χ3n) is 7.84. The van der Waals surface area contributed by atoms with Crippen molar-refractivity contribution in [2.24, 2.45) is 11.3 Å². The van der Waals surface area contributed by atoms with Crippen molar-refractivity contribution in [1.82, 2.24) is 30.2 Å². The number of carboxylic acid groups (broad SMARTS) is 1. The van der Waals surface area contributed by atoms with Gasteiger partial charge in [0, 0.05) is 30.7 Å². The molecule has 0 bridgehead atoms. The Morgan fingerprint density at radius 1 is 1.04 bits per heavy atom. The van der Waals surface area contributed by atoms with E-state index in [9.17, 15) is 67.8 Å². The lowest BCUT2D eigenvalue weighted by atomic mass is 9.87. The Labute approximate surface area is 326 Å². The second-order valence-electron chi connectivity index (χ2n) is 12.8. The molecule has 0 aromatic carbocycles. The molecule has 3 heterocycles. The highest BCUT2D eigenvalue weighted by Gasteiger charge is 2.50. The van der Waals surface area contributed by atoms with Gasteiger partial charge in [-0.3, -0.25) is 32.5 Å². The normalized spacial score (nSPS) is 22.6. The number of amides is 2. The third-order valence-corrected chi connectivity index (χ3v) is 12.0. The number of aliphatic carboxylic acids is 1. The molecular formula is C26H42N7O20P3S. The highest BCUT2D eigenvalue weighted by molar-refractivity contribution is 8.13. The van der Waals surface area contributed by atoms with Gasteiger partial charge >= 0.3 is 29.4 Å². The van der Waals surface area contributed by atoms with Crippen LogP contribution in [0.1, 0.15) is 33.4 Å². The SMILES string of the molecule is C[C@H](C(=O)SCCNC(=O)CCNC(=O)[C@H](O)C(C)(C)COP(=O)(O)OP(=O)(O)OC[C@H]1O[C@@H](n2cnc3c(N)ncnc32)[C@H](O)[C@@H]1OP(=O)(O)O)[C@H](O)C(=O)O. The first-order chi connectivity index (χ1) is 26.2. The van der Waals surface area contributed by atoms with Crippen molar-refractivity contribution in [3.8, 4) is 0 Å². The number of phosphoric ester groups is 3. The molecule has 0 spiro atoms. The average Bonchev–Trinajstić information content (AvgIpc) is 3.67. The molecule has 1 aliphatic rings. The zero-order valence-corrected chi connectivity index (χ0v) is 33.5. The summed E-state index contributed by atoms with van der Waals surface area (Å²) in [5, 5.41) is 43.7. The lowest BCUT2D eigenvalue weighted by Crippen LogP contribution is -2.46. The van der Waals surface area contributed by atoms with E-state index < -0.39 is 108 Å². The highest BCUT2D eigenvalue weighted by atomic mass is 32.2. The van der Waals surface area contributed by atoms with E-state index in [2.05, 4.69) is 34.4 Å². The van der Waals surface area contributed by atoms with E-state index in [4.69, 9.17) is 24.6 Å². The number of nitrogens with one attached hydrogen (secondary N) is 2. The zero-order chi connectivity index (χ0) is 43.1.